The Labute approximate surface area is 173 Å². The molecule has 1 aliphatic heterocycles. The minimum absolute atomic E-state index is 0.0130. The summed E-state index contributed by atoms with van der Waals surface area (Å²) in [6.07, 6.45) is 0.209. The minimum Gasteiger partial charge on any atom is -0.505 e. The normalized spacial score (nSPS) is 26.5. The van der Waals surface area contributed by atoms with E-state index >= 15 is 0 Å². The molecule has 3 heterocycles. The van der Waals surface area contributed by atoms with Crippen molar-refractivity contribution in [3.63, 3.8) is 0 Å². The molecule has 0 amide bonds. The van der Waals surface area contributed by atoms with Gasteiger partial charge in [-0.3, -0.25) is 18.9 Å². The third-order valence-electron chi connectivity index (χ3n) is 4.20. The van der Waals surface area contributed by atoms with Gasteiger partial charge >= 0.3 is 15.6 Å². The maximum atomic E-state index is 12.0. The number of aliphatic hydroxyl groups excluding tert-OH is 1. The van der Waals surface area contributed by atoms with Gasteiger partial charge in [0, 0.05) is 5.92 Å². The maximum Gasteiger partial charge on any atom is 0.481 e. The zero-order chi connectivity index (χ0) is 23.0. The molecule has 0 saturated carbocycles. The lowest BCUT2D eigenvalue weighted by Crippen LogP contribution is -2.27. The molecule has 0 bridgehead atoms. The van der Waals surface area contributed by atoms with E-state index in [9.17, 15) is 23.9 Å². The Morgan fingerprint density at radius 3 is 2.74 bits per heavy atom. The number of phosphoric ester groups is 1. The van der Waals surface area contributed by atoms with E-state index in [4.69, 9.17) is 25.0 Å². The van der Waals surface area contributed by atoms with Gasteiger partial charge in [-0.05, 0) is 6.08 Å². The first-order valence-corrected chi connectivity index (χ1v) is 11.4. The van der Waals surface area contributed by atoms with Gasteiger partial charge in [0.2, 0.25) is 5.95 Å². The number of nitrogens with two attached hydrogens (primary N) is 1. The molecule has 31 heavy (non-hydrogen) atoms. The number of nitrogens with zero attached hydrogens (tertiary/aromatic N) is 3. The van der Waals surface area contributed by atoms with E-state index in [1.165, 1.54) is 30.3 Å². The second-order valence-corrected chi connectivity index (χ2v) is 9.14. The summed E-state index contributed by atoms with van der Waals surface area (Å²) in [5, 5.41) is 10.8. The molecule has 18 heteroatoms. The summed E-state index contributed by atoms with van der Waals surface area (Å²) in [6, 6.07) is 0. The summed E-state index contributed by atoms with van der Waals surface area (Å²) in [5.41, 5.74) is 4.89. The summed E-state index contributed by atoms with van der Waals surface area (Å²) in [5.74, 6) is -1.07. The van der Waals surface area contributed by atoms with Crippen LogP contribution in [-0.4, -0.2) is 65.2 Å². The van der Waals surface area contributed by atoms with Crippen LogP contribution in [0.3, 0.4) is 0 Å². The molecule has 2 aromatic heterocycles. The van der Waals surface area contributed by atoms with Crippen molar-refractivity contribution in [1.82, 2.24) is 19.5 Å². The van der Waals surface area contributed by atoms with Crippen molar-refractivity contribution in [2.45, 2.75) is 18.4 Å². The molecular weight excluding hydrogens is 464 g/mol. The fraction of sp³-hybridized carbons (Fsp3) is 0.462. The van der Waals surface area contributed by atoms with Gasteiger partial charge in [0.1, 0.15) is 6.10 Å². The monoisotopic (exact) mass is 483 g/mol. The smallest absolute Gasteiger partial charge is 0.481 e. The summed E-state index contributed by atoms with van der Waals surface area (Å²) in [4.78, 5) is 49.0. The first-order valence-electron chi connectivity index (χ1n) is 8.41. The molecule has 0 aliphatic carbocycles. The molecular formula is C13H19N5O11P2. The van der Waals surface area contributed by atoms with Crippen LogP contribution in [0.15, 0.2) is 23.5 Å². The zero-order valence-electron chi connectivity index (χ0n) is 15.7. The highest BCUT2D eigenvalue weighted by Gasteiger charge is 2.45. The summed E-state index contributed by atoms with van der Waals surface area (Å²) < 4.78 is 42.6. The average molecular weight is 483 g/mol. The van der Waals surface area contributed by atoms with E-state index in [-0.39, 0.29) is 17.1 Å². The van der Waals surface area contributed by atoms with Gasteiger partial charge in [0.25, 0.3) is 5.56 Å². The first-order chi connectivity index (χ1) is 14.4. The van der Waals surface area contributed by atoms with Crippen molar-refractivity contribution in [3.8, 4) is 0 Å². The van der Waals surface area contributed by atoms with Gasteiger partial charge in [0.15, 0.2) is 17.4 Å². The van der Waals surface area contributed by atoms with E-state index < -0.39 is 52.2 Å². The Balaban J connectivity index is 1.88. The molecule has 1 aliphatic rings. The molecule has 1 unspecified atom stereocenters. The van der Waals surface area contributed by atoms with Crippen LogP contribution < -0.4 is 11.3 Å². The number of ether oxygens (including phenoxy) is 2. The van der Waals surface area contributed by atoms with Crippen LogP contribution >= 0.6 is 15.6 Å². The minimum atomic E-state index is -5.31. The van der Waals surface area contributed by atoms with Gasteiger partial charge in [0.05, 0.1) is 32.4 Å². The Morgan fingerprint density at radius 2 is 2.10 bits per heavy atom. The number of aromatic nitrogens is 4. The van der Waals surface area contributed by atoms with Crippen molar-refractivity contribution >= 4 is 32.8 Å². The number of anilines is 1. The molecule has 0 spiro atoms. The van der Waals surface area contributed by atoms with Crippen LogP contribution in [0, 0.1) is 5.92 Å². The molecule has 0 radical (unpaired) electrons. The third kappa shape index (κ3) is 5.38. The molecule has 2 aromatic rings. The Morgan fingerprint density at radius 1 is 1.39 bits per heavy atom. The van der Waals surface area contributed by atoms with Gasteiger partial charge in [-0.25, -0.2) is 14.1 Å². The number of methoxy groups -OCH3 is 1. The topological polar surface area (TPSA) is 242 Å². The number of aliphatic hydroxyl groups is 1. The maximum absolute atomic E-state index is 12.0. The SMILES string of the molecule is CO/C=C/[C@H]1[C@@H](O)[C@H](n2cnc3c(=O)[nH]c(N)nc32)O[C@@H]1COP(=O)(O)OP(=O)(O)O. The number of rotatable bonds is 8. The van der Waals surface area contributed by atoms with E-state index in [1.807, 2.05) is 0 Å². The van der Waals surface area contributed by atoms with Gasteiger partial charge in [-0.2, -0.15) is 9.29 Å². The predicted octanol–water partition coefficient (Wildman–Crippen LogP) is -1.04. The van der Waals surface area contributed by atoms with Crippen molar-refractivity contribution in [2.75, 3.05) is 19.5 Å². The summed E-state index contributed by atoms with van der Waals surface area (Å²) in [7, 11) is -9.11. The molecule has 172 valence electrons. The molecule has 7 N–H and O–H groups in total. The molecule has 0 aromatic carbocycles. The van der Waals surface area contributed by atoms with Crippen LogP contribution in [0.1, 0.15) is 6.23 Å². The quantitative estimate of drug-likeness (QED) is 0.194. The summed E-state index contributed by atoms with van der Waals surface area (Å²) in [6.45, 7) is -0.706. The second-order valence-electron chi connectivity index (χ2n) is 6.31. The first kappa shape index (κ1) is 23.5. The van der Waals surface area contributed by atoms with Crippen molar-refractivity contribution in [2.24, 2.45) is 5.92 Å². The van der Waals surface area contributed by atoms with Crippen LogP contribution in [0.4, 0.5) is 5.95 Å². The van der Waals surface area contributed by atoms with Crippen molar-refractivity contribution in [1.29, 1.82) is 0 Å². The number of hydrogen-bond donors (Lipinski definition) is 6. The van der Waals surface area contributed by atoms with E-state index in [1.54, 1.807) is 0 Å². The Hall–Kier alpha value is -2.13. The molecule has 3 rings (SSSR count). The fourth-order valence-corrected chi connectivity index (χ4v) is 4.60. The van der Waals surface area contributed by atoms with E-state index in [0.29, 0.717) is 0 Å². The Bertz CT molecular complexity index is 1130. The van der Waals surface area contributed by atoms with Gasteiger partial charge in [-0.15, -0.1) is 0 Å². The largest absolute Gasteiger partial charge is 0.505 e. The number of nitrogen functional groups attached to an aromatic ring is 1. The predicted molar refractivity (Wildman–Crippen MR) is 101 cm³/mol. The molecule has 1 saturated heterocycles. The number of hydrogen-bond acceptors (Lipinski definition) is 11. The van der Waals surface area contributed by atoms with Crippen LogP contribution in [0.2, 0.25) is 0 Å². The fourth-order valence-electron chi connectivity index (χ4n) is 3.00. The number of fused-ring (bicyclic) bond motifs is 1. The highest BCUT2D eigenvalue weighted by atomic mass is 31.3. The summed E-state index contributed by atoms with van der Waals surface area (Å²) >= 11 is 0. The number of phosphoric acid groups is 2. The second kappa shape index (κ2) is 8.78. The highest BCUT2D eigenvalue weighted by molar-refractivity contribution is 7.60. The molecule has 1 fully saturated rings. The number of H-pyrrole nitrogens is 1. The average Bonchev–Trinajstić information content (AvgIpc) is 3.17. The standard InChI is InChI=1S/C13H19N5O11P2/c1-26-3-2-6-7(4-27-31(24,25)29-30(21,22)23)28-12(9(6)19)18-5-15-8-10(18)16-13(14)17-11(8)20/h2-3,5-7,9,12,19H,4H2,1H3,(H,24,25)(H2,21,22,23)(H3,14,16,17,20)/b3-2+/t6-,7-,9-,12-/m1/s1. The van der Waals surface area contributed by atoms with Crippen LogP contribution in [0.25, 0.3) is 11.2 Å². The Kier molecular flexibility index (Phi) is 6.67. The molecule has 16 nitrogen and oxygen atoms in total. The number of aromatic amines is 1. The lowest BCUT2D eigenvalue weighted by molar-refractivity contribution is -0.0484. The van der Waals surface area contributed by atoms with Crippen molar-refractivity contribution < 1.29 is 47.2 Å². The lowest BCUT2D eigenvalue weighted by atomic mass is 9.98. The number of nitrogens with one attached hydrogen (secondary N) is 1. The third-order valence-corrected chi connectivity index (χ3v) is 6.35. The van der Waals surface area contributed by atoms with Gasteiger partial charge < -0.3 is 35.0 Å². The van der Waals surface area contributed by atoms with Crippen LogP contribution in [0.5, 0.6) is 0 Å². The number of imidazole rings is 1. The van der Waals surface area contributed by atoms with E-state index in [0.717, 1.165) is 0 Å². The zero-order valence-corrected chi connectivity index (χ0v) is 17.5. The lowest BCUT2D eigenvalue weighted by Gasteiger charge is -2.18. The van der Waals surface area contributed by atoms with E-state index in [2.05, 4.69) is 23.8 Å². The molecule has 5 atom stereocenters. The highest BCUT2D eigenvalue weighted by Crippen LogP contribution is 2.57. The van der Waals surface area contributed by atoms with Crippen molar-refractivity contribution in [3.05, 3.63) is 29.0 Å². The van der Waals surface area contributed by atoms with Crippen LogP contribution in [-0.2, 0) is 27.4 Å². The van der Waals surface area contributed by atoms with Gasteiger partial charge in [-0.1, -0.05) is 0 Å².